The molecule has 0 bridgehead atoms. The summed E-state index contributed by atoms with van der Waals surface area (Å²) in [5, 5.41) is 10.0. The highest BCUT2D eigenvalue weighted by Crippen LogP contribution is 2.24. The van der Waals surface area contributed by atoms with Crippen molar-refractivity contribution in [3.05, 3.63) is 71.5 Å². The summed E-state index contributed by atoms with van der Waals surface area (Å²) in [6.07, 6.45) is 8.22. The molecule has 0 saturated carbocycles. The van der Waals surface area contributed by atoms with Gasteiger partial charge in [-0.15, -0.1) is 0 Å². The average molecular weight is 368 g/mol. The molecule has 2 heterocycles. The monoisotopic (exact) mass is 368 g/mol. The molecule has 0 spiro atoms. The van der Waals surface area contributed by atoms with E-state index in [1.807, 2.05) is 6.07 Å². The van der Waals surface area contributed by atoms with Crippen molar-refractivity contribution in [1.82, 2.24) is 14.7 Å². The van der Waals surface area contributed by atoms with Gasteiger partial charge in [-0.05, 0) is 30.4 Å². The maximum atomic E-state index is 10.0. The second-order valence-corrected chi connectivity index (χ2v) is 6.82. The van der Waals surface area contributed by atoms with Crippen LogP contribution in [0.25, 0.3) is 5.70 Å². The number of benzene rings is 1. The molecule has 0 aromatic heterocycles. The molecule has 7 N–H and O–H groups in total. The lowest BCUT2D eigenvalue weighted by molar-refractivity contribution is 0.197. The Morgan fingerprint density at radius 1 is 1.07 bits per heavy atom. The Morgan fingerprint density at radius 2 is 1.78 bits per heavy atom. The Kier molecular flexibility index (Phi) is 5.49. The second kappa shape index (κ2) is 7.99. The highest BCUT2D eigenvalue weighted by Gasteiger charge is 2.21. The van der Waals surface area contributed by atoms with E-state index in [0.717, 1.165) is 32.7 Å². The summed E-state index contributed by atoms with van der Waals surface area (Å²) in [5.74, 6) is 0.354. The first kappa shape index (κ1) is 18.6. The molecular formula is C20H28N6O. The predicted molar refractivity (Wildman–Crippen MR) is 109 cm³/mol. The molecular weight excluding hydrogens is 340 g/mol. The van der Waals surface area contributed by atoms with Gasteiger partial charge >= 0.3 is 0 Å². The van der Waals surface area contributed by atoms with Gasteiger partial charge in [0.25, 0.3) is 0 Å². The predicted octanol–water partition coefficient (Wildman–Crippen LogP) is 0.739. The molecule has 27 heavy (non-hydrogen) atoms. The van der Waals surface area contributed by atoms with Crippen LogP contribution in [0.2, 0.25) is 0 Å². The average Bonchev–Trinajstić information content (AvgIpc) is 2.67. The lowest BCUT2D eigenvalue weighted by Gasteiger charge is -2.39. The number of hydrogen-bond donors (Lipinski definition) is 4. The maximum Gasteiger partial charge on any atom is 0.124 e. The topological polar surface area (TPSA) is 108 Å². The third-order valence-corrected chi connectivity index (χ3v) is 4.88. The van der Waals surface area contributed by atoms with Gasteiger partial charge in [-0.3, -0.25) is 0 Å². The number of phenols is 1. The minimum atomic E-state index is 0.131. The van der Waals surface area contributed by atoms with Crippen molar-refractivity contribution < 1.29 is 5.11 Å². The van der Waals surface area contributed by atoms with Crippen molar-refractivity contribution in [2.75, 3.05) is 39.8 Å². The standard InChI is InChI=1S/C20H28N6O/c1-24-8-6-15(7-9-24)25-10-12-26(13-11-25)18(20(22)23)14-17(21)16-4-2-3-5-19(16)27/h2-8,14,27H,9-13,21-23H2,1H3/b17-14-. The van der Waals surface area contributed by atoms with E-state index in [2.05, 4.69) is 40.1 Å². The first-order valence-corrected chi connectivity index (χ1v) is 9.05. The SMILES string of the molecule is CN1C=CC(N2CCN(C(/C=C(\N)c3ccccc3O)=C(N)N)CC2)=CC1. The van der Waals surface area contributed by atoms with E-state index < -0.39 is 0 Å². The third-order valence-electron chi connectivity index (χ3n) is 4.88. The van der Waals surface area contributed by atoms with Crippen LogP contribution in [0.5, 0.6) is 5.75 Å². The molecule has 1 saturated heterocycles. The van der Waals surface area contributed by atoms with Crippen LogP contribution < -0.4 is 17.2 Å². The number of phenolic OH excluding ortho intramolecular Hbond substituents is 1. The Hall–Kier alpha value is -3.22. The van der Waals surface area contributed by atoms with Crippen LogP contribution in [0.3, 0.4) is 0 Å². The molecule has 0 unspecified atom stereocenters. The minimum absolute atomic E-state index is 0.131. The van der Waals surface area contributed by atoms with E-state index in [0.29, 0.717) is 17.0 Å². The first-order chi connectivity index (χ1) is 13.0. The number of rotatable bonds is 4. The molecule has 0 atom stereocenters. The fourth-order valence-corrected chi connectivity index (χ4v) is 3.31. The van der Waals surface area contributed by atoms with Crippen molar-refractivity contribution in [2.24, 2.45) is 17.2 Å². The van der Waals surface area contributed by atoms with Gasteiger partial charge in [0.15, 0.2) is 0 Å². The summed E-state index contributed by atoms with van der Waals surface area (Å²) in [5.41, 5.74) is 21.0. The molecule has 0 aliphatic carbocycles. The Labute approximate surface area is 160 Å². The van der Waals surface area contributed by atoms with Crippen LogP contribution >= 0.6 is 0 Å². The third kappa shape index (κ3) is 4.31. The molecule has 3 rings (SSSR count). The Balaban J connectivity index is 1.71. The highest BCUT2D eigenvalue weighted by molar-refractivity contribution is 5.69. The normalized spacial score (nSPS) is 17.7. The Morgan fingerprint density at radius 3 is 2.37 bits per heavy atom. The van der Waals surface area contributed by atoms with Crippen LogP contribution in [-0.2, 0) is 0 Å². The smallest absolute Gasteiger partial charge is 0.124 e. The van der Waals surface area contributed by atoms with Gasteiger partial charge in [0.1, 0.15) is 11.6 Å². The molecule has 1 aromatic rings. The molecule has 7 heteroatoms. The van der Waals surface area contributed by atoms with Gasteiger partial charge in [-0.1, -0.05) is 12.1 Å². The quantitative estimate of drug-likeness (QED) is 0.581. The zero-order chi connectivity index (χ0) is 19.4. The van der Waals surface area contributed by atoms with Crippen molar-refractivity contribution in [3.8, 4) is 5.75 Å². The number of nitrogens with two attached hydrogens (primary N) is 3. The van der Waals surface area contributed by atoms with Crippen LogP contribution in [0, 0.1) is 0 Å². The van der Waals surface area contributed by atoms with Crippen molar-refractivity contribution >= 4 is 5.70 Å². The molecule has 0 radical (unpaired) electrons. The van der Waals surface area contributed by atoms with Crippen molar-refractivity contribution in [1.29, 1.82) is 0 Å². The maximum absolute atomic E-state index is 10.0. The molecule has 2 aliphatic rings. The molecule has 7 nitrogen and oxygen atoms in total. The molecule has 0 amide bonds. The lowest BCUT2D eigenvalue weighted by Crippen LogP contribution is -2.46. The zero-order valence-electron chi connectivity index (χ0n) is 15.7. The molecule has 144 valence electrons. The van der Waals surface area contributed by atoms with Crippen LogP contribution in [0.4, 0.5) is 0 Å². The largest absolute Gasteiger partial charge is 0.507 e. The molecule has 1 fully saturated rings. The van der Waals surface area contributed by atoms with Crippen LogP contribution in [-0.4, -0.2) is 59.6 Å². The zero-order valence-corrected chi connectivity index (χ0v) is 15.7. The van der Waals surface area contributed by atoms with Crippen molar-refractivity contribution in [3.63, 3.8) is 0 Å². The van der Waals surface area contributed by atoms with Crippen LogP contribution in [0.15, 0.2) is 65.9 Å². The summed E-state index contributed by atoms with van der Waals surface area (Å²) < 4.78 is 0. The summed E-state index contributed by atoms with van der Waals surface area (Å²) in [6.45, 7) is 4.26. The summed E-state index contributed by atoms with van der Waals surface area (Å²) in [4.78, 5) is 6.64. The summed E-state index contributed by atoms with van der Waals surface area (Å²) in [6, 6.07) is 6.95. The number of allylic oxidation sites excluding steroid dienone is 2. The van der Waals surface area contributed by atoms with E-state index in [9.17, 15) is 5.11 Å². The lowest BCUT2D eigenvalue weighted by atomic mass is 10.1. The van der Waals surface area contributed by atoms with E-state index in [1.54, 1.807) is 24.3 Å². The second-order valence-electron chi connectivity index (χ2n) is 6.82. The Bertz CT molecular complexity index is 798. The highest BCUT2D eigenvalue weighted by atomic mass is 16.3. The summed E-state index contributed by atoms with van der Waals surface area (Å²) in [7, 11) is 2.06. The number of nitrogens with zero attached hydrogens (tertiary/aromatic N) is 3. The van der Waals surface area contributed by atoms with Gasteiger partial charge < -0.3 is 37.0 Å². The van der Waals surface area contributed by atoms with Gasteiger partial charge in [0.05, 0.1) is 5.70 Å². The molecule has 1 aromatic carbocycles. The number of likely N-dealkylation sites (N-methyl/N-ethyl adjacent to an activating group) is 1. The molecule has 2 aliphatic heterocycles. The number of hydrogen-bond acceptors (Lipinski definition) is 7. The van der Waals surface area contributed by atoms with Gasteiger partial charge in [0.2, 0.25) is 0 Å². The van der Waals surface area contributed by atoms with E-state index >= 15 is 0 Å². The van der Waals surface area contributed by atoms with Gasteiger partial charge in [0, 0.05) is 62.9 Å². The number of para-hydroxylation sites is 1. The van der Waals surface area contributed by atoms with E-state index in [1.165, 1.54) is 5.70 Å². The van der Waals surface area contributed by atoms with Gasteiger partial charge in [-0.25, -0.2) is 0 Å². The van der Waals surface area contributed by atoms with Crippen LogP contribution in [0.1, 0.15) is 5.56 Å². The van der Waals surface area contributed by atoms with Crippen molar-refractivity contribution in [2.45, 2.75) is 0 Å². The minimum Gasteiger partial charge on any atom is -0.507 e. The van der Waals surface area contributed by atoms with E-state index in [-0.39, 0.29) is 11.6 Å². The van der Waals surface area contributed by atoms with Gasteiger partial charge in [-0.2, -0.15) is 0 Å². The summed E-state index contributed by atoms with van der Waals surface area (Å²) >= 11 is 0. The fraction of sp³-hybridized carbons (Fsp3) is 0.300. The van der Waals surface area contributed by atoms with E-state index in [4.69, 9.17) is 17.2 Å². The first-order valence-electron chi connectivity index (χ1n) is 9.05. The number of piperazine rings is 1. The fourth-order valence-electron chi connectivity index (χ4n) is 3.31. The number of aromatic hydroxyl groups is 1.